The van der Waals surface area contributed by atoms with Gasteiger partial charge in [-0.1, -0.05) is 13.3 Å². The SMILES string of the molecule is CCCc1cc(N)nc(-c2cc(O)cc(F)c2)n1. The van der Waals surface area contributed by atoms with Gasteiger partial charge in [0.05, 0.1) is 0 Å². The summed E-state index contributed by atoms with van der Waals surface area (Å²) in [5, 5.41) is 9.37. The molecule has 18 heavy (non-hydrogen) atoms. The number of phenolic OH excluding ortho intramolecular Hbond substituents is 1. The Hall–Kier alpha value is -2.17. The van der Waals surface area contributed by atoms with Crippen LogP contribution in [0.25, 0.3) is 11.4 Å². The van der Waals surface area contributed by atoms with Gasteiger partial charge in [-0.15, -0.1) is 0 Å². The molecule has 2 rings (SSSR count). The van der Waals surface area contributed by atoms with Crippen molar-refractivity contribution in [1.29, 1.82) is 0 Å². The highest BCUT2D eigenvalue weighted by molar-refractivity contribution is 5.59. The lowest BCUT2D eigenvalue weighted by atomic mass is 10.1. The molecule has 0 unspecified atom stereocenters. The Bertz CT molecular complexity index is 552. The molecule has 3 N–H and O–H groups in total. The summed E-state index contributed by atoms with van der Waals surface area (Å²) in [5.41, 5.74) is 6.92. The Morgan fingerprint density at radius 2 is 2.00 bits per heavy atom. The molecule has 4 nitrogen and oxygen atoms in total. The number of aromatic hydroxyl groups is 1. The van der Waals surface area contributed by atoms with E-state index in [-0.39, 0.29) is 5.75 Å². The smallest absolute Gasteiger partial charge is 0.161 e. The van der Waals surface area contributed by atoms with Crippen molar-refractivity contribution in [1.82, 2.24) is 9.97 Å². The standard InChI is InChI=1S/C13H14FN3O/c1-2-3-10-7-12(15)17-13(16-10)8-4-9(14)6-11(18)5-8/h4-7,18H,2-3H2,1H3,(H2,15,16,17). The molecule has 5 heteroatoms. The second kappa shape index (κ2) is 5.00. The van der Waals surface area contributed by atoms with E-state index in [1.165, 1.54) is 12.1 Å². The van der Waals surface area contributed by atoms with Gasteiger partial charge in [0.25, 0.3) is 0 Å². The van der Waals surface area contributed by atoms with Crippen molar-refractivity contribution in [2.24, 2.45) is 0 Å². The van der Waals surface area contributed by atoms with Crippen LogP contribution in [0.5, 0.6) is 5.75 Å². The number of phenols is 1. The summed E-state index contributed by atoms with van der Waals surface area (Å²) in [5.74, 6) is -0.0263. The molecule has 2 aromatic rings. The number of nitrogens with two attached hydrogens (primary N) is 1. The molecule has 0 bridgehead atoms. The zero-order chi connectivity index (χ0) is 13.1. The minimum Gasteiger partial charge on any atom is -0.508 e. The van der Waals surface area contributed by atoms with Crippen molar-refractivity contribution in [2.75, 3.05) is 5.73 Å². The molecule has 0 aliphatic rings. The highest BCUT2D eigenvalue weighted by Crippen LogP contribution is 2.23. The van der Waals surface area contributed by atoms with Crippen LogP contribution in [0.15, 0.2) is 24.3 Å². The number of rotatable bonds is 3. The lowest BCUT2D eigenvalue weighted by Gasteiger charge is -2.06. The molecule has 0 atom stereocenters. The molecule has 0 aliphatic heterocycles. The maximum Gasteiger partial charge on any atom is 0.161 e. The Kier molecular flexibility index (Phi) is 3.41. The molecule has 1 aromatic carbocycles. The zero-order valence-corrected chi connectivity index (χ0v) is 10.0. The minimum atomic E-state index is -0.534. The Balaban J connectivity index is 2.49. The van der Waals surface area contributed by atoms with Crippen LogP contribution in [-0.4, -0.2) is 15.1 Å². The highest BCUT2D eigenvalue weighted by atomic mass is 19.1. The van der Waals surface area contributed by atoms with E-state index in [1.807, 2.05) is 6.92 Å². The first-order chi connectivity index (χ1) is 8.58. The van der Waals surface area contributed by atoms with Crippen LogP contribution >= 0.6 is 0 Å². The summed E-state index contributed by atoms with van der Waals surface area (Å²) in [4.78, 5) is 8.36. The largest absolute Gasteiger partial charge is 0.508 e. The third-order valence-electron chi connectivity index (χ3n) is 2.45. The van der Waals surface area contributed by atoms with Gasteiger partial charge in [0, 0.05) is 23.4 Å². The summed E-state index contributed by atoms with van der Waals surface area (Å²) < 4.78 is 13.2. The van der Waals surface area contributed by atoms with Gasteiger partial charge in [-0.3, -0.25) is 0 Å². The third-order valence-corrected chi connectivity index (χ3v) is 2.45. The van der Waals surface area contributed by atoms with Crippen LogP contribution in [0.3, 0.4) is 0 Å². The fraction of sp³-hybridized carbons (Fsp3) is 0.231. The number of aromatic nitrogens is 2. The monoisotopic (exact) mass is 247 g/mol. The van der Waals surface area contributed by atoms with Crippen LogP contribution in [0.1, 0.15) is 19.0 Å². The maximum absolute atomic E-state index is 13.2. The molecule has 0 spiro atoms. The number of benzene rings is 1. The summed E-state index contributed by atoms with van der Waals surface area (Å²) >= 11 is 0. The fourth-order valence-corrected chi connectivity index (χ4v) is 1.74. The second-order valence-corrected chi connectivity index (χ2v) is 4.06. The van der Waals surface area contributed by atoms with Gasteiger partial charge in [0.2, 0.25) is 0 Å². The van der Waals surface area contributed by atoms with E-state index >= 15 is 0 Å². The van der Waals surface area contributed by atoms with Crippen LogP contribution in [0, 0.1) is 5.82 Å². The van der Waals surface area contributed by atoms with Gasteiger partial charge in [0.15, 0.2) is 5.82 Å². The molecule has 0 aliphatic carbocycles. The quantitative estimate of drug-likeness (QED) is 0.874. The molecule has 1 aromatic heterocycles. The first-order valence-electron chi connectivity index (χ1n) is 5.72. The van der Waals surface area contributed by atoms with Gasteiger partial charge >= 0.3 is 0 Å². The Labute approximate surface area is 104 Å². The van der Waals surface area contributed by atoms with E-state index in [0.717, 1.165) is 24.6 Å². The van der Waals surface area contributed by atoms with Crippen molar-refractivity contribution >= 4 is 5.82 Å². The zero-order valence-electron chi connectivity index (χ0n) is 10.0. The van der Waals surface area contributed by atoms with E-state index in [9.17, 15) is 9.50 Å². The number of hydrogen-bond acceptors (Lipinski definition) is 4. The van der Waals surface area contributed by atoms with Gasteiger partial charge in [-0.2, -0.15) is 0 Å². The van der Waals surface area contributed by atoms with Crippen molar-refractivity contribution in [2.45, 2.75) is 19.8 Å². The topological polar surface area (TPSA) is 72.0 Å². The van der Waals surface area contributed by atoms with Crippen molar-refractivity contribution in [3.8, 4) is 17.1 Å². The summed E-state index contributed by atoms with van der Waals surface area (Å²) in [6.45, 7) is 2.03. The molecular weight excluding hydrogens is 233 g/mol. The van der Waals surface area contributed by atoms with E-state index < -0.39 is 5.82 Å². The second-order valence-electron chi connectivity index (χ2n) is 4.06. The normalized spacial score (nSPS) is 10.6. The number of nitrogen functional groups attached to an aromatic ring is 1. The number of nitrogens with zero attached hydrogens (tertiary/aromatic N) is 2. The van der Waals surface area contributed by atoms with Crippen LogP contribution < -0.4 is 5.73 Å². The molecule has 0 fully saturated rings. The predicted molar refractivity (Wildman–Crippen MR) is 67.5 cm³/mol. The number of halogens is 1. The van der Waals surface area contributed by atoms with Gasteiger partial charge in [-0.25, -0.2) is 14.4 Å². The van der Waals surface area contributed by atoms with E-state index in [1.54, 1.807) is 6.07 Å². The maximum atomic E-state index is 13.2. The summed E-state index contributed by atoms with van der Waals surface area (Å²) in [7, 11) is 0. The predicted octanol–water partition coefficient (Wildman–Crippen LogP) is 2.52. The van der Waals surface area contributed by atoms with Gasteiger partial charge in [-0.05, 0) is 18.6 Å². The molecule has 0 saturated heterocycles. The Morgan fingerprint density at radius 1 is 1.22 bits per heavy atom. The molecule has 0 radical (unpaired) electrons. The van der Waals surface area contributed by atoms with E-state index in [2.05, 4.69) is 9.97 Å². The van der Waals surface area contributed by atoms with Crippen LogP contribution in [0.4, 0.5) is 10.2 Å². The third kappa shape index (κ3) is 2.74. The molecule has 94 valence electrons. The first-order valence-corrected chi connectivity index (χ1v) is 5.72. The summed E-state index contributed by atoms with van der Waals surface area (Å²) in [6, 6.07) is 5.41. The number of aryl methyl sites for hydroxylation is 1. The Morgan fingerprint density at radius 3 is 2.67 bits per heavy atom. The van der Waals surface area contributed by atoms with Gasteiger partial charge in [0.1, 0.15) is 17.4 Å². The fourth-order valence-electron chi connectivity index (χ4n) is 1.74. The average Bonchev–Trinajstić information content (AvgIpc) is 2.27. The molecule has 0 amide bonds. The first kappa shape index (κ1) is 12.3. The molecule has 0 saturated carbocycles. The number of anilines is 1. The van der Waals surface area contributed by atoms with E-state index in [0.29, 0.717) is 17.2 Å². The van der Waals surface area contributed by atoms with Crippen LogP contribution in [0.2, 0.25) is 0 Å². The lowest BCUT2D eigenvalue weighted by Crippen LogP contribution is -2.00. The molecular formula is C13H14FN3O. The van der Waals surface area contributed by atoms with Gasteiger partial charge < -0.3 is 10.8 Å². The van der Waals surface area contributed by atoms with Crippen LogP contribution in [-0.2, 0) is 6.42 Å². The average molecular weight is 247 g/mol. The van der Waals surface area contributed by atoms with Crippen molar-refractivity contribution < 1.29 is 9.50 Å². The number of hydrogen-bond donors (Lipinski definition) is 2. The lowest BCUT2D eigenvalue weighted by molar-refractivity contribution is 0.469. The van der Waals surface area contributed by atoms with Crippen molar-refractivity contribution in [3.63, 3.8) is 0 Å². The van der Waals surface area contributed by atoms with E-state index in [4.69, 9.17) is 5.73 Å². The highest BCUT2D eigenvalue weighted by Gasteiger charge is 2.08. The summed E-state index contributed by atoms with van der Waals surface area (Å²) in [6.07, 6.45) is 1.71. The minimum absolute atomic E-state index is 0.159. The molecule has 1 heterocycles. The van der Waals surface area contributed by atoms with Crippen molar-refractivity contribution in [3.05, 3.63) is 35.8 Å².